The summed E-state index contributed by atoms with van der Waals surface area (Å²) in [5.74, 6) is 0. The van der Waals surface area contributed by atoms with Crippen LogP contribution in [0.4, 0.5) is 13.2 Å². The van der Waals surface area contributed by atoms with Crippen LogP contribution in [0.2, 0.25) is 0 Å². The maximum absolute atomic E-state index is 12.3. The second-order valence-corrected chi connectivity index (χ2v) is 3.78. The van der Waals surface area contributed by atoms with E-state index in [4.69, 9.17) is 4.42 Å². The molecule has 0 spiro atoms. The van der Waals surface area contributed by atoms with Crippen LogP contribution in [0, 0.1) is 0 Å². The third kappa shape index (κ3) is 3.33. The van der Waals surface area contributed by atoms with E-state index in [9.17, 15) is 13.2 Å². The van der Waals surface area contributed by atoms with Crippen LogP contribution >= 0.6 is 0 Å². The molecule has 0 saturated carbocycles. The summed E-state index contributed by atoms with van der Waals surface area (Å²) >= 11 is 0. The van der Waals surface area contributed by atoms with Crippen LogP contribution in [0.5, 0.6) is 0 Å². The minimum absolute atomic E-state index is 0.477. The SMILES string of the molecule is FC(F)(F)c1ccc(CNCc2cocn2)cc1. The molecule has 2 rings (SSSR count). The fourth-order valence-electron chi connectivity index (χ4n) is 1.47. The van der Waals surface area contributed by atoms with Crippen molar-refractivity contribution in [2.75, 3.05) is 0 Å². The lowest BCUT2D eigenvalue weighted by Gasteiger charge is -2.07. The third-order valence-corrected chi connectivity index (χ3v) is 2.40. The van der Waals surface area contributed by atoms with E-state index >= 15 is 0 Å². The molecule has 0 atom stereocenters. The molecule has 18 heavy (non-hydrogen) atoms. The van der Waals surface area contributed by atoms with Crippen LogP contribution in [0.15, 0.2) is 41.3 Å². The van der Waals surface area contributed by atoms with Gasteiger partial charge in [0, 0.05) is 13.1 Å². The van der Waals surface area contributed by atoms with Crippen LogP contribution in [0.3, 0.4) is 0 Å². The minimum atomic E-state index is -4.29. The Bertz CT molecular complexity index is 477. The Morgan fingerprint density at radius 2 is 1.83 bits per heavy atom. The summed E-state index contributed by atoms with van der Waals surface area (Å²) in [5, 5.41) is 3.06. The molecule has 0 amide bonds. The van der Waals surface area contributed by atoms with Crippen LogP contribution in [-0.2, 0) is 19.3 Å². The monoisotopic (exact) mass is 256 g/mol. The van der Waals surface area contributed by atoms with Crippen molar-refractivity contribution in [2.45, 2.75) is 19.3 Å². The molecule has 0 aliphatic rings. The molecule has 0 fully saturated rings. The minimum Gasteiger partial charge on any atom is -0.451 e. The summed E-state index contributed by atoms with van der Waals surface area (Å²) in [6.07, 6.45) is -1.44. The largest absolute Gasteiger partial charge is 0.451 e. The van der Waals surface area contributed by atoms with Gasteiger partial charge in [0.25, 0.3) is 0 Å². The number of rotatable bonds is 4. The average molecular weight is 256 g/mol. The zero-order valence-corrected chi connectivity index (χ0v) is 9.37. The molecule has 6 heteroatoms. The van der Waals surface area contributed by atoms with Crippen molar-refractivity contribution in [1.29, 1.82) is 0 Å². The van der Waals surface area contributed by atoms with Gasteiger partial charge < -0.3 is 9.73 Å². The Labute approximate surface area is 102 Å². The molecule has 0 unspecified atom stereocenters. The van der Waals surface area contributed by atoms with Crippen molar-refractivity contribution in [2.24, 2.45) is 0 Å². The van der Waals surface area contributed by atoms with E-state index in [-0.39, 0.29) is 0 Å². The van der Waals surface area contributed by atoms with E-state index < -0.39 is 11.7 Å². The van der Waals surface area contributed by atoms with E-state index in [1.165, 1.54) is 24.8 Å². The number of benzene rings is 1. The summed E-state index contributed by atoms with van der Waals surface area (Å²) in [5.41, 5.74) is 0.899. The van der Waals surface area contributed by atoms with Crippen LogP contribution in [0.25, 0.3) is 0 Å². The van der Waals surface area contributed by atoms with Crippen molar-refractivity contribution < 1.29 is 17.6 Å². The molecular weight excluding hydrogens is 245 g/mol. The first kappa shape index (κ1) is 12.6. The lowest BCUT2D eigenvalue weighted by atomic mass is 10.1. The van der Waals surface area contributed by atoms with Gasteiger partial charge in [0.05, 0.1) is 11.3 Å². The number of hydrogen-bond acceptors (Lipinski definition) is 3. The molecule has 1 heterocycles. The average Bonchev–Trinajstić information content (AvgIpc) is 2.82. The molecule has 96 valence electrons. The Morgan fingerprint density at radius 3 is 2.39 bits per heavy atom. The second-order valence-electron chi connectivity index (χ2n) is 3.78. The van der Waals surface area contributed by atoms with E-state index in [1.54, 1.807) is 0 Å². The quantitative estimate of drug-likeness (QED) is 0.913. The maximum atomic E-state index is 12.3. The first-order valence-corrected chi connectivity index (χ1v) is 5.29. The molecule has 0 aliphatic carbocycles. The van der Waals surface area contributed by atoms with Crippen molar-refractivity contribution in [1.82, 2.24) is 10.3 Å². The summed E-state index contributed by atoms with van der Waals surface area (Å²) in [6.45, 7) is 0.989. The number of hydrogen-bond donors (Lipinski definition) is 1. The van der Waals surface area contributed by atoms with Gasteiger partial charge in [0.1, 0.15) is 6.26 Å². The molecule has 1 N–H and O–H groups in total. The summed E-state index contributed by atoms with van der Waals surface area (Å²) in [7, 11) is 0. The highest BCUT2D eigenvalue weighted by atomic mass is 19.4. The zero-order valence-electron chi connectivity index (χ0n) is 9.37. The van der Waals surface area contributed by atoms with Crippen molar-refractivity contribution >= 4 is 0 Å². The number of halogens is 3. The Hall–Kier alpha value is -1.82. The summed E-state index contributed by atoms with van der Waals surface area (Å²) in [6, 6.07) is 5.07. The number of aromatic nitrogens is 1. The number of nitrogens with one attached hydrogen (secondary N) is 1. The van der Waals surface area contributed by atoms with Gasteiger partial charge in [-0.05, 0) is 17.7 Å². The Balaban J connectivity index is 1.87. The number of nitrogens with zero attached hydrogens (tertiary/aromatic N) is 1. The normalized spacial score (nSPS) is 11.7. The highest BCUT2D eigenvalue weighted by Gasteiger charge is 2.29. The van der Waals surface area contributed by atoms with Gasteiger partial charge in [-0.1, -0.05) is 12.1 Å². The molecule has 0 radical (unpaired) electrons. The topological polar surface area (TPSA) is 38.1 Å². The van der Waals surface area contributed by atoms with Gasteiger partial charge in [-0.3, -0.25) is 0 Å². The standard InChI is InChI=1S/C12H11F3N2O/c13-12(14,15)10-3-1-9(2-4-10)5-16-6-11-7-18-8-17-11/h1-4,7-8,16H,5-6H2. The summed E-state index contributed by atoms with van der Waals surface area (Å²) < 4.78 is 41.8. The fraction of sp³-hybridized carbons (Fsp3) is 0.250. The van der Waals surface area contributed by atoms with Crippen LogP contribution in [0.1, 0.15) is 16.8 Å². The Morgan fingerprint density at radius 1 is 1.11 bits per heavy atom. The summed E-state index contributed by atoms with van der Waals surface area (Å²) in [4.78, 5) is 3.92. The van der Waals surface area contributed by atoms with Crippen LogP contribution in [-0.4, -0.2) is 4.98 Å². The predicted octanol–water partition coefficient (Wildman–Crippen LogP) is 2.98. The number of oxazole rings is 1. The molecule has 1 aromatic heterocycles. The Kier molecular flexibility index (Phi) is 3.66. The zero-order chi connectivity index (χ0) is 13.0. The van der Waals surface area contributed by atoms with Crippen molar-refractivity contribution in [3.63, 3.8) is 0 Å². The molecule has 0 saturated heterocycles. The van der Waals surface area contributed by atoms with E-state index in [2.05, 4.69) is 10.3 Å². The van der Waals surface area contributed by atoms with E-state index in [0.29, 0.717) is 13.1 Å². The molecule has 1 aromatic carbocycles. The van der Waals surface area contributed by atoms with Gasteiger partial charge in [0.15, 0.2) is 6.39 Å². The molecule has 0 bridgehead atoms. The first-order valence-electron chi connectivity index (χ1n) is 5.29. The van der Waals surface area contributed by atoms with Gasteiger partial charge >= 0.3 is 6.18 Å². The van der Waals surface area contributed by atoms with E-state index in [0.717, 1.165) is 23.4 Å². The molecule has 0 aliphatic heterocycles. The maximum Gasteiger partial charge on any atom is 0.416 e. The molecule has 2 aromatic rings. The van der Waals surface area contributed by atoms with Gasteiger partial charge in [0.2, 0.25) is 0 Å². The molecule has 3 nitrogen and oxygen atoms in total. The smallest absolute Gasteiger partial charge is 0.416 e. The van der Waals surface area contributed by atoms with Gasteiger partial charge in [-0.15, -0.1) is 0 Å². The first-order chi connectivity index (χ1) is 8.55. The van der Waals surface area contributed by atoms with Crippen molar-refractivity contribution in [3.8, 4) is 0 Å². The lowest BCUT2D eigenvalue weighted by molar-refractivity contribution is -0.137. The van der Waals surface area contributed by atoms with Gasteiger partial charge in [-0.25, -0.2) is 4.98 Å². The second kappa shape index (κ2) is 5.22. The van der Waals surface area contributed by atoms with Crippen LogP contribution < -0.4 is 5.32 Å². The van der Waals surface area contributed by atoms with Gasteiger partial charge in [-0.2, -0.15) is 13.2 Å². The van der Waals surface area contributed by atoms with E-state index in [1.807, 2.05) is 0 Å². The molecular formula is C12H11F3N2O. The third-order valence-electron chi connectivity index (χ3n) is 2.40. The highest BCUT2D eigenvalue weighted by molar-refractivity contribution is 5.24. The lowest BCUT2D eigenvalue weighted by Crippen LogP contribution is -2.13. The van der Waals surface area contributed by atoms with Crippen molar-refractivity contribution in [3.05, 3.63) is 53.7 Å². The predicted molar refractivity (Wildman–Crippen MR) is 58.5 cm³/mol. The number of alkyl halides is 3. The fourth-order valence-corrected chi connectivity index (χ4v) is 1.47. The highest BCUT2D eigenvalue weighted by Crippen LogP contribution is 2.28.